The molecule has 0 spiro atoms. The first-order chi connectivity index (χ1) is 18.4. The number of ether oxygens (including phenoxy) is 1. The molecule has 9 heteroatoms. The Hall–Kier alpha value is -1.89. The maximum absolute atomic E-state index is 14.1. The number of nitrogens with zero attached hydrogens (tertiary/aromatic N) is 1. The van der Waals surface area contributed by atoms with Crippen molar-refractivity contribution >= 4 is 38.7 Å². The minimum absolute atomic E-state index is 0.0201. The van der Waals surface area contributed by atoms with E-state index in [1.54, 1.807) is 11.0 Å². The summed E-state index contributed by atoms with van der Waals surface area (Å²) in [6, 6.07) is 1.54. The molecule has 2 heterocycles. The normalized spacial score (nSPS) is 26.9. The quantitative estimate of drug-likeness (QED) is 0.422. The summed E-state index contributed by atoms with van der Waals surface area (Å²) in [5.74, 6) is 5.66. The van der Waals surface area contributed by atoms with E-state index >= 15 is 0 Å². The smallest absolute Gasteiger partial charge is 0.348 e. The lowest BCUT2D eigenvalue weighted by atomic mass is 9.81. The van der Waals surface area contributed by atoms with Gasteiger partial charge in [0.15, 0.2) is 9.84 Å². The molecular formula is C30H43NO6S2. The molecule has 2 aliphatic carbocycles. The lowest BCUT2D eigenvalue weighted by molar-refractivity contribution is -0.124. The average molecular weight is 578 g/mol. The summed E-state index contributed by atoms with van der Waals surface area (Å²) in [6.45, 7) is 9.18. The summed E-state index contributed by atoms with van der Waals surface area (Å²) in [5, 5.41) is 9.34. The number of carboxylic acid groups (broad SMARTS) is 1. The first-order valence-electron chi connectivity index (χ1n) is 14.4. The van der Waals surface area contributed by atoms with Crippen molar-refractivity contribution < 1.29 is 27.9 Å². The van der Waals surface area contributed by atoms with Gasteiger partial charge in [0.05, 0.1) is 21.1 Å². The van der Waals surface area contributed by atoms with E-state index in [0.29, 0.717) is 68.2 Å². The minimum atomic E-state index is -3.28. The Morgan fingerprint density at radius 1 is 0.974 bits per heavy atom. The highest BCUT2D eigenvalue weighted by atomic mass is 32.2. The van der Waals surface area contributed by atoms with Crippen LogP contribution in [0.5, 0.6) is 0 Å². The van der Waals surface area contributed by atoms with E-state index in [-0.39, 0.29) is 33.4 Å². The molecule has 1 N–H and O–H groups in total. The van der Waals surface area contributed by atoms with Crippen molar-refractivity contribution in [1.29, 1.82) is 0 Å². The van der Waals surface area contributed by atoms with Crippen molar-refractivity contribution in [3.63, 3.8) is 0 Å². The van der Waals surface area contributed by atoms with Gasteiger partial charge in [-0.25, -0.2) is 13.2 Å². The second kappa shape index (κ2) is 12.3. The molecule has 0 bridgehead atoms. The van der Waals surface area contributed by atoms with Gasteiger partial charge in [-0.2, -0.15) is 0 Å². The number of rotatable bonds is 6. The van der Waals surface area contributed by atoms with Crippen LogP contribution in [0.2, 0.25) is 0 Å². The van der Waals surface area contributed by atoms with Crippen LogP contribution in [-0.4, -0.2) is 55.2 Å². The number of carbonyl (C=O) groups excluding carboxylic acids is 1. The number of sulfone groups is 1. The lowest BCUT2D eigenvalue weighted by Gasteiger charge is -2.40. The van der Waals surface area contributed by atoms with Crippen LogP contribution in [-0.2, 0) is 19.4 Å². The summed E-state index contributed by atoms with van der Waals surface area (Å²) in [7, 11) is -3.28. The van der Waals surface area contributed by atoms with Crippen LogP contribution in [0.4, 0.5) is 5.69 Å². The van der Waals surface area contributed by atoms with E-state index in [1.807, 2.05) is 20.8 Å². The molecule has 0 unspecified atom stereocenters. The van der Waals surface area contributed by atoms with Crippen LogP contribution < -0.4 is 4.90 Å². The molecule has 3 aliphatic rings. The summed E-state index contributed by atoms with van der Waals surface area (Å²) in [4.78, 5) is 29.0. The molecule has 1 aromatic heterocycles. The third-order valence-electron chi connectivity index (χ3n) is 8.44. The second-order valence-electron chi connectivity index (χ2n) is 12.6. The van der Waals surface area contributed by atoms with E-state index < -0.39 is 21.1 Å². The average Bonchev–Trinajstić information content (AvgIpc) is 3.33. The predicted molar refractivity (Wildman–Crippen MR) is 155 cm³/mol. The number of thiophene rings is 1. The molecular weight excluding hydrogens is 534 g/mol. The van der Waals surface area contributed by atoms with Crippen molar-refractivity contribution in [3.8, 4) is 11.8 Å². The highest BCUT2D eigenvalue weighted by molar-refractivity contribution is 7.92. The molecule has 1 amide bonds. The number of anilines is 1. The predicted octanol–water partition coefficient (Wildman–Crippen LogP) is 5.91. The minimum Gasteiger partial charge on any atom is -0.477 e. The Kier molecular flexibility index (Phi) is 9.50. The van der Waals surface area contributed by atoms with Crippen LogP contribution in [0.25, 0.3) is 0 Å². The summed E-state index contributed by atoms with van der Waals surface area (Å²) in [5.41, 5.74) is 0.181. The molecule has 1 aliphatic heterocycles. The van der Waals surface area contributed by atoms with E-state index in [4.69, 9.17) is 4.74 Å². The molecule has 1 aromatic rings. The fourth-order valence-electron chi connectivity index (χ4n) is 6.13. The number of aromatic carboxylic acids is 1. The fourth-order valence-corrected chi connectivity index (χ4v) is 9.30. The van der Waals surface area contributed by atoms with E-state index in [2.05, 4.69) is 18.8 Å². The summed E-state index contributed by atoms with van der Waals surface area (Å²) >= 11 is 1.11. The SMILES string of the molecule is CC1CCC(C(=O)N(c2cc(C#CC(C)(C)C)sc2C(=O)O)C2CCC(S(=O)(=O)C3CCOCC3)CC2)CC1. The van der Waals surface area contributed by atoms with Crippen LogP contribution in [0.15, 0.2) is 6.07 Å². The number of amides is 1. The zero-order valence-electron chi connectivity index (χ0n) is 23.7. The Bertz CT molecular complexity index is 1200. The van der Waals surface area contributed by atoms with Gasteiger partial charge in [-0.05, 0) is 97.0 Å². The number of carboxylic acids is 1. The third kappa shape index (κ3) is 7.25. The van der Waals surface area contributed by atoms with Crippen molar-refractivity contribution in [2.45, 2.75) is 108 Å². The van der Waals surface area contributed by atoms with E-state index in [1.165, 1.54) is 0 Å². The molecule has 39 heavy (non-hydrogen) atoms. The topological polar surface area (TPSA) is 101 Å². The van der Waals surface area contributed by atoms with Gasteiger partial charge in [0, 0.05) is 30.6 Å². The lowest BCUT2D eigenvalue weighted by Crippen LogP contribution is -2.48. The van der Waals surface area contributed by atoms with Gasteiger partial charge in [-0.15, -0.1) is 11.3 Å². The van der Waals surface area contributed by atoms with Gasteiger partial charge in [0.1, 0.15) is 4.88 Å². The molecule has 0 atom stereocenters. The maximum atomic E-state index is 14.1. The molecule has 1 saturated heterocycles. The van der Waals surface area contributed by atoms with Gasteiger partial charge in [-0.3, -0.25) is 4.79 Å². The van der Waals surface area contributed by atoms with Crippen LogP contribution in [0.3, 0.4) is 0 Å². The fraction of sp³-hybridized carbons (Fsp3) is 0.733. The van der Waals surface area contributed by atoms with Crippen molar-refractivity contribution in [3.05, 3.63) is 15.8 Å². The number of carbonyl (C=O) groups is 2. The second-order valence-corrected chi connectivity index (χ2v) is 16.2. The van der Waals surface area contributed by atoms with Gasteiger partial charge < -0.3 is 14.7 Å². The van der Waals surface area contributed by atoms with E-state index in [0.717, 1.165) is 37.0 Å². The van der Waals surface area contributed by atoms with Crippen molar-refractivity contribution in [1.82, 2.24) is 0 Å². The molecule has 4 rings (SSSR count). The van der Waals surface area contributed by atoms with E-state index in [9.17, 15) is 23.1 Å². The molecule has 216 valence electrons. The Morgan fingerprint density at radius 3 is 2.13 bits per heavy atom. The van der Waals surface area contributed by atoms with Crippen LogP contribution >= 0.6 is 11.3 Å². The van der Waals surface area contributed by atoms with Crippen molar-refractivity contribution in [2.75, 3.05) is 18.1 Å². The number of hydrogen-bond acceptors (Lipinski definition) is 6. The maximum Gasteiger partial charge on any atom is 0.348 e. The van der Waals surface area contributed by atoms with Crippen LogP contribution in [0.1, 0.15) is 106 Å². The largest absolute Gasteiger partial charge is 0.477 e. The molecule has 7 nitrogen and oxygen atoms in total. The molecule has 2 saturated carbocycles. The molecule has 0 aromatic carbocycles. The van der Waals surface area contributed by atoms with Crippen LogP contribution in [0, 0.1) is 29.1 Å². The zero-order valence-corrected chi connectivity index (χ0v) is 25.3. The molecule has 3 fully saturated rings. The highest BCUT2D eigenvalue weighted by Gasteiger charge is 2.41. The standard InChI is InChI=1S/C30H43NO6S2/c1-20-5-7-21(8-6-20)28(32)31(26-19-23(13-16-30(2,3)4)38-27(26)29(33)34)22-9-11-24(12-10-22)39(35,36)25-14-17-37-18-15-25/h19-22,24-25H,5-12,14-15,17-18H2,1-4H3,(H,33,34). The first-order valence-corrected chi connectivity index (χ1v) is 16.8. The monoisotopic (exact) mass is 577 g/mol. The Labute approximate surface area is 237 Å². The van der Waals surface area contributed by atoms with Crippen molar-refractivity contribution in [2.24, 2.45) is 17.3 Å². The van der Waals surface area contributed by atoms with Gasteiger partial charge in [-0.1, -0.05) is 18.8 Å². The summed E-state index contributed by atoms with van der Waals surface area (Å²) in [6.07, 6.45) is 6.71. The molecule has 0 radical (unpaired) electrons. The van der Waals surface area contributed by atoms with Gasteiger partial charge in [0.2, 0.25) is 5.91 Å². The van der Waals surface area contributed by atoms with Gasteiger partial charge >= 0.3 is 5.97 Å². The van der Waals surface area contributed by atoms with Gasteiger partial charge in [0.25, 0.3) is 0 Å². The third-order valence-corrected chi connectivity index (χ3v) is 12.3. The first kappa shape index (κ1) is 30.1. The summed E-state index contributed by atoms with van der Waals surface area (Å²) < 4.78 is 32.1. The number of hydrogen-bond donors (Lipinski definition) is 1. The Morgan fingerprint density at radius 2 is 1.56 bits per heavy atom. The zero-order chi connectivity index (χ0) is 28.4. The highest BCUT2D eigenvalue weighted by Crippen LogP contribution is 2.40. The Balaban J connectivity index is 1.63.